The molecule has 0 unspecified atom stereocenters. The highest BCUT2D eigenvalue weighted by atomic mass is 35.5. The van der Waals surface area contributed by atoms with Gasteiger partial charge in [0.15, 0.2) is 0 Å². The maximum Gasteiger partial charge on any atom is 0.250 e. The van der Waals surface area contributed by atoms with Crippen LogP contribution in [0.15, 0.2) is 45.1 Å². The number of thiophene rings is 1. The van der Waals surface area contributed by atoms with Crippen molar-refractivity contribution in [3.8, 4) is 11.4 Å². The lowest BCUT2D eigenvalue weighted by atomic mass is 10.2. The van der Waals surface area contributed by atoms with Crippen molar-refractivity contribution in [1.29, 1.82) is 0 Å². The number of sulfonamides is 1. The maximum absolute atomic E-state index is 12.1. The van der Waals surface area contributed by atoms with Gasteiger partial charge in [-0.1, -0.05) is 28.9 Å². The van der Waals surface area contributed by atoms with Crippen LogP contribution >= 0.6 is 22.9 Å². The molecule has 3 rings (SSSR count). The number of halogens is 1. The number of nitrogens with zero attached hydrogens (tertiary/aromatic N) is 2. The van der Waals surface area contributed by atoms with Crippen LogP contribution in [0, 0.1) is 6.92 Å². The normalized spacial score (nSPS) is 11.7. The summed E-state index contributed by atoms with van der Waals surface area (Å²) in [6.45, 7) is 1.77. The van der Waals surface area contributed by atoms with Gasteiger partial charge in [-0.3, -0.25) is 0 Å². The summed E-state index contributed by atoms with van der Waals surface area (Å²) in [6, 6.07) is 10.3. The third kappa shape index (κ3) is 3.78. The standard InChI is InChI=1S/C14H12ClN3O3S2/c1-9-5-6-13(22-9)23(19,20)16-8-12-17-14(18-21-12)10-3-2-4-11(15)7-10/h2-7,16H,8H2,1H3. The van der Waals surface area contributed by atoms with Crippen LogP contribution < -0.4 is 4.72 Å². The number of aryl methyl sites for hydroxylation is 1. The molecule has 0 saturated carbocycles. The summed E-state index contributed by atoms with van der Waals surface area (Å²) < 4.78 is 32.0. The molecule has 0 aliphatic heterocycles. The van der Waals surface area contributed by atoms with E-state index in [0.29, 0.717) is 16.4 Å². The van der Waals surface area contributed by atoms with Crippen molar-refractivity contribution in [2.75, 3.05) is 0 Å². The van der Waals surface area contributed by atoms with Crippen LogP contribution in [0.5, 0.6) is 0 Å². The van der Waals surface area contributed by atoms with Gasteiger partial charge in [0.25, 0.3) is 10.0 Å². The molecular formula is C14H12ClN3O3S2. The minimum absolute atomic E-state index is 0.0765. The molecule has 0 amide bonds. The van der Waals surface area contributed by atoms with Crippen LogP contribution in [0.1, 0.15) is 10.8 Å². The third-order valence-corrected chi connectivity index (χ3v) is 6.07. The monoisotopic (exact) mass is 369 g/mol. The first-order valence-corrected chi connectivity index (χ1v) is 9.26. The topological polar surface area (TPSA) is 85.1 Å². The third-order valence-electron chi connectivity index (χ3n) is 2.94. The summed E-state index contributed by atoms with van der Waals surface area (Å²) in [5, 5.41) is 4.39. The molecule has 0 fully saturated rings. The summed E-state index contributed by atoms with van der Waals surface area (Å²) in [7, 11) is -3.58. The zero-order valence-electron chi connectivity index (χ0n) is 12.0. The molecule has 1 aromatic carbocycles. The predicted molar refractivity (Wildman–Crippen MR) is 87.8 cm³/mol. The molecule has 0 atom stereocenters. The summed E-state index contributed by atoms with van der Waals surface area (Å²) in [6.07, 6.45) is 0. The van der Waals surface area contributed by atoms with Crippen molar-refractivity contribution in [3.63, 3.8) is 0 Å². The zero-order chi connectivity index (χ0) is 16.4. The largest absolute Gasteiger partial charge is 0.338 e. The first kappa shape index (κ1) is 16.1. The van der Waals surface area contributed by atoms with Crippen LogP contribution in [0.25, 0.3) is 11.4 Å². The highest BCUT2D eigenvalue weighted by Crippen LogP contribution is 2.22. The van der Waals surface area contributed by atoms with Gasteiger partial charge in [0.1, 0.15) is 4.21 Å². The fourth-order valence-electron chi connectivity index (χ4n) is 1.86. The fourth-order valence-corrected chi connectivity index (χ4v) is 4.35. The van der Waals surface area contributed by atoms with Gasteiger partial charge in [0.05, 0.1) is 6.54 Å². The van der Waals surface area contributed by atoms with E-state index in [1.165, 1.54) is 11.3 Å². The predicted octanol–water partition coefficient (Wildman–Crippen LogP) is 3.24. The molecule has 3 aromatic rings. The highest BCUT2D eigenvalue weighted by molar-refractivity contribution is 7.91. The van der Waals surface area contributed by atoms with E-state index in [1.807, 2.05) is 6.92 Å². The Morgan fingerprint density at radius 3 is 2.83 bits per heavy atom. The molecule has 0 aliphatic rings. The lowest BCUT2D eigenvalue weighted by Gasteiger charge is -2.00. The Hall–Kier alpha value is -1.74. The summed E-state index contributed by atoms with van der Waals surface area (Å²) in [5.74, 6) is 0.533. The summed E-state index contributed by atoms with van der Waals surface area (Å²) in [4.78, 5) is 5.09. The smallest absolute Gasteiger partial charge is 0.250 e. The van der Waals surface area contributed by atoms with Crippen molar-refractivity contribution in [3.05, 3.63) is 52.2 Å². The van der Waals surface area contributed by atoms with Gasteiger partial charge in [-0.2, -0.15) is 4.98 Å². The summed E-state index contributed by atoms with van der Waals surface area (Å²) in [5.41, 5.74) is 0.698. The Bertz CT molecular complexity index is 934. The van der Waals surface area contributed by atoms with Crippen molar-refractivity contribution in [2.45, 2.75) is 17.7 Å². The molecule has 23 heavy (non-hydrogen) atoms. The molecule has 9 heteroatoms. The number of rotatable bonds is 5. The Labute approximate surface area is 142 Å². The minimum Gasteiger partial charge on any atom is -0.338 e. The van der Waals surface area contributed by atoms with E-state index in [1.54, 1.807) is 36.4 Å². The van der Waals surface area contributed by atoms with Gasteiger partial charge in [-0.05, 0) is 31.2 Å². The lowest BCUT2D eigenvalue weighted by Crippen LogP contribution is -2.22. The first-order chi connectivity index (χ1) is 10.9. The second-order valence-electron chi connectivity index (χ2n) is 4.71. The summed E-state index contributed by atoms with van der Waals surface area (Å²) >= 11 is 7.12. The van der Waals surface area contributed by atoms with Crippen LogP contribution in [0.4, 0.5) is 0 Å². The average Bonchev–Trinajstić information content (AvgIpc) is 3.14. The molecule has 0 aliphatic carbocycles. The number of benzene rings is 1. The number of nitrogens with one attached hydrogen (secondary N) is 1. The molecule has 2 heterocycles. The molecule has 0 spiro atoms. The second kappa shape index (κ2) is 6.40. The SMILES string of the molecule is Cc1ccc(S(=O)(=O)NCc2nc(-c3cccc(Cl)c3)no2)s1. The quantitative estimate of drug-likeness (QED) is 0.746. The van der Waals surface area contributed by atoms with Crippen molar-refractivity contribution >= 4 is 33.0 Å². The van der Waals surface area contributed by atoms with Gasteiger partial charge in [0, 0.05) is 15.5 Å². The number of hydrogen-bond acceptors (Lipinski definition) is 6. The fraction of sp³-hybridized carbons (Fsp3) is 0.143. The molecule has 120 valence electrons. The van der Waals surface area contributed by atoms with E-state index in [0.717, 1.165) is 4.88 Å². The van der Waals surface area contributed by atoms with Crippen molar-refractivity contribution in [1.82, 2.24) is 14.9 Å². The Morgan fingerprint density at radius 1 is 1.30 bits per heavy atom. The van der Waals surface area contributed by atoms with Gasteiger partial charge in [0.2, 0.25) is 11.7 Å². The Balaban J connectivity index is 1.72. The zero-order valence-corrected chi connectivity index (χ0v) is 14.4. The van der Waals surface area contributed by atoms with E-state index in [2.05, 4.69) is 14.9 Å². The van der Waals surface area contributed by atoms with E-state index in [9.17, 15) is 8.42 Å². The lowest BCUT2D eigenvalue weighted by molar-refractivity contribution is 0.376. The van der Waals surface area contributed by atoms with Gasteiger partial charge in [-0.15, -0.1) is 11.3 Å². The molecule has 1 N–H and O–H groups in total. The van der Waals surface area contributed by atoms with Crippen LogP contribution in [-0.2, 0) is 16.6 Å². The molecule has 0 radical (unpaired) electrons. The Morgan fingerprint density at radius 2 is 2.13 bits per heavy atom. The Kier molecular flexibility index (Phi) is 4.49. The molecule has 6 nitrogen and oxygen atoms in total. The van der Waals surface area contributed by atoms with Crippen LogP contribution in [0.3, 0.4) is 0 Å². The second-order valence-corrected chi connectivity index (χ2v) is 8.43. The van der Waals surface area contributed by atoms with Gasteiger partial charge in [-0.25, -0.2) is 13.1 Å². The van der Waals surface area contributed by atoms with Crippen LogP contribution in [-0.4, -0.2) is 18.6 Å². The number of hydrogen-bond donors (Lipinski definition) is 1. The minimum atomic E-state index is -3.58. The van der Waals surface area contributed by atoms with Gasteiger partial charge < -0.3 is 4.52 Å². The van der Waals surface area contributed by atoms with Crippen molar-refractivity contribution < 1.29 is 12.9 Å². The molecule has 0 bridgehead atoms. The molecule has 0 saturated heterocycles. The van der Waals surface area contributed by atoms with E-state index < -0.39 is 10.0 Å². The average molecular weight is 370 g/mol. The molecular weight excluding hydrogens is 358 g/mol. The van der Waals surface area contributed by atoms with E-state index >= 15 is 0 Å². The van der Waals surface area contributed by atoms with E-state index in [4.69, 9.17) is 16.1 Å². The van der Waals surface area contributed by atoms with E-state index in [-0.39, 0.29) is 16.6 Å². The maximum atomic E-state index is 12.1. The van der Waals surface area contributed by atoms with Crippen LogP contribution in [0.2, 0.25) is 5.02 Å². The first-order valence-electron chi connectivity index (χ1n) is 6.59. The molecule has 2 aromatic heterocycles. The number of aromatic nitrogens is 2. The van der Waals surface area contributed by atoms with Crippen molar-refractivity contribution in [2.24, 2.45) is 0 Å². The highest BCUT2D eigenvalue weighted by Gasteiger charge is 2.18. The van der Waals surface area contributed by atoms with Gasteiger partial charge >= 0.3 is 0 Å².